The molecule has 0 bridgehead atoms. The number of nitro groups is 1. The summed E-state index contributed by atoms with van der Waals surface area (Å²) in [6, 6.07) is 4.32. The fourth-order valence-electron chi connectivity index (χ4n) is 2.89. The van der Waals surface area contributed by atoms with E-state index in [-0.39, 0.29) is 22.3 Å². The van der Waals surface area contributed by atoms with Gasteiger partial charge >= 0.3 is 0 Å². The highest BCUT2D eigenvalue weighted by atomic mass is 32.1. The standard InChI is InChI=1S/C17H22N8O4S/c1-11(2)10-24-21-16(20-22-24)19-17(30)18-15(26)12-3-4-13(14(9-12)25(27)28)23-5-7-29-8-6-23/h3-4,9,11H,5-8,10H2,1-2H3,(H2,18,19,21,26,30). The summed E-state index contributed by atoms with van der Waals surface area (Å²) in [7, 11) is 0. The van der Waals surface area contributed by atoms with Gasteiger partial charge < -0.3 is 9.64 Å². The van der Waals surface area contributed by atoms with E-state index in [1.165, 1.54) is 16.9 Å². The fourth-order valence-corrected chi connectivity index (χ4v) is 3.07. The quantitative estimate of drug-likeness (QED) is 0.387. The van der Waals surface area contributed by atoms with Crippen molar-refractivity contribution in [2.24, 2.45) is 5.92 Å². The van der Waals surface area contributed by atoms with Gasteiger partial charge in [-0.15, -0.1) is 5.10 Å². The summed E-state index contributed by atoms with van der Waals surface area (Å²) in [5, 5.41) is 28.4. The van der Waals surface area contributed by atoms with Crippen molar-refractivity contribution in [3.05, 3.63) is 33.9 Å². The number of amides is 1. The number of carbonyl (C=O) groups excluding carboxylic acids is 1. The number of hydrogen-bond donors (Lipinski definition) is 2. The second kappa shape index (κ2) is 9.54. The Bertz CT molecular complexity index is 942. The molecule has 0 radical (unpaired) electrons. The molecule has 12 nitrogen and oxygen atoms in total. The molecule has 1 fully saturated rings. The topological polar surface area (TPSA) is 140 Å². The van der Waals surface area contributed by atoms with Crippen molar-refractivity contribution >= 4 is 40.6 Å². The lowest BCUT2D eigenvalue weighted by atomic mass is 10.1. The van der Waals surface area contributed by atoms with Gasteiger partial charge in [0.2, 0.25) is 0 Å². The molecule has 0 aliphatic carbocycles. The number of benzene rings is 1. The van der Waals surface area contributed by atoms with E-state index in [0.717, 1.165) is 0 Å². The summed E-state index contributed by atoms with van der Waals surface area (Å²) in [6.45, 7) is 6.71. The van der Waals surface area contributed by atoms with Crippen molar-refractivity contribution in [3.8, 4) is 0 Å². The number of carbonyl (C=O) groups is 1. The van der Waals surface area contributed by atoms with Crippen LogP contribution < -0.4 is 15.5 Å². The molecule has 0 spiro atoms. The third kappa shape index (κ3) is 5.45. The van der Waals surface area contributed by atoms with Gasteiger partial charge in [-0.1, -0.05) is 18.9 Å². The number of aromatic nitrogens is 4. The molecule has 2 heterocycles. The molecule has 1 saturated heterocycles. The van der Waals surface area contributed by atoms with Gasteiger partial charge in [-0.05, 0) is 35.5 Å². The summed E-state index contributed by atoms with van der Waals surface area (Å²) in [5.74, 6) is -0.0942. The van der Waals surface area contributed by atoms with Crippen LogP contribution in [0.1, 0.15) is 24.2 Å². The maximum absolute atomic E-state index is 12.5. The number of tetrazole rings is 1. The van der Waals surface area contributed by atoms with E-state index in [2.05, 4.69) is 26.0 Å². The number of nitrogens with zero attached hydrogens (tertiary/aromatic N) is 6. The van der Waals surface area contributed by atoms with Crippen molar-refractivity contribution in [1.29, 1.82) is 0 Å². The Morgan fingerprint density at radius 2 is 2.10 bits per heavy atom. The summed E-state index contributed by atoms with van der Waals surface area (Å²) >= 11 is 5.11. The van der Waals surface area contributed by atoms with E-state index in [0.29, 0.717) is 44.5 Å². The van der Waals surface area contributed by atoms with Crippen molar-refractivity contribution in [2.45, 2.75) is 20.4 Å². The molecule has 2 aromatic rings. The van der Waals surface area contributed by atoms with Gasteiger partial charge in [0.1, 0.15) is 5.69 Å². The van der Waals surface area contributed by atoms with E-state index < -0.39 is 10.8 Å². The van der Waals surface area contributed by atoms with Gasteiger partial charge in [0.15, 0.2) is 5.11 Å². The molecular weight excluding hydrogens is 412 g/mol. The highest BCUT2D eigenvalue weighted by molar-refractivity contribution is 7.80. The number of nitro benzene ring substituents is 1. The van der Waals surface area contributed by atoms with Crippen LogP contribution in [0.3, 0.4) is 0 Å². The zero-order valence-electron chi connectivity index (χ0n) is 16.6. The highest BCUT2D eigenvalue weighted by Gasteiger charge is 2.23. The van der Waals surface area contributed by atoms with E-state index in [1.807, 2.05) is 18.7 Å². The maximum Gasteiger partial charge on any atom is 0.293 e. The Morgan fingerprint density at radius 3 is 2.77 bits per heavy atom. The zero-order chi connectivity index (χ0) is 21.7. The first-order chi connectivity index (χ1) is 14.3. The molecule has 13 heteroatoms. The van der Waals surface area contributed by atoms with Gasteiger partial charge in [-0.2, -0.15) is 4.80 Å². The summed E-state index contributed by atoms with van der Waals surface area (Å²) in [6.07, 6.45) is 0. The molecule has 1 amide bonds. The molecule has 0 atom stereocenters. The van der Waals surface area contributed by atoms with E-state index >= 15 is 0 Å². The summed E-state index contributed by atoms with van der Waals surface area (Å²) < 4.78 is 5.28. The summed E-state index contributed by atoms with van der Waals surface area (Å²) in [5.41, 5.74) is 0.410. The first kappa shape index (κ1) is 21.5. The average molecular weight is 434 g/mol. The normalized spacial score (nSPS) is 13.9. The van der Waals surface area contributed by atoms with Crippen LogP contribution in [-0.4, -0.2) is 62.5 Å². The molecule has 1 aromatic heterocycles. The van der Waals surface area contributed by atoms with E-state index in [4.69, 9.17) is 17.0 Å². The van der Waals surface area contributed by atoms with Crippen LogP contribution >= 0.6 is 12.2 Å². The predicted octanol–water partition coefficient (Wildman–Crippen LogP) is 1.20. The number of morpholine rings is 1. The second-order valence-corrected chi connectivity index (χ2v) is 7.44. The monoisotopic (exact) mass is 434 g/mol. The van der Waals surface area contributed by atoms with Gasteiger partial charge in [0.25, 0.3) is 17.5 Å². The maximum atomic E-state index is 12.5. The Hall–Kier alpha value is -3.19. The third-order valence-corrected chi connectivity index (χ3v) is 4.42. The molecule has 1 aliphatic heterocycles. The molecule has 160 valence electrons. The fraction of sp³-hybridized carbons (Fsp3) is 0.471. The van der Waals surface area contributed by atoms with Crippen LogP contribution in [0.25, 0.3) is 0 Å². The number of rotatable bonds is 6. The number of anilines is 2. The minimum Gasteiger partial charge on any atom is -0.378 e. The minimum absolute atomic E-state index is 0.0380. The van der Waals surface area contributed by atoms with Crippen molar-refractivity contribution in [3.63, 3.8) is 0 Å². The number of hydrogen-bond acceptors (Lipinski definition) is 9. The third-order valence-electron chi connectivity index (χ3n) is 4.22. The Kier molecular flexibility index (Phi) is 6.84. The Labute approximate surface area is 177 Å². The van der Waals surface area contributed by atoms with Crippen LogP contribution in [0.5, 0.6) is 0 Å². The lowest BCUT2D eigenvalue weighted by Crippen LogP contribution is -2.37. The van der Waals surface area contributed by atoms with E-state index in [1.54, 1.807) is 6.07 Å². The predicted molar refractivity (Wildman–Crippen MR) is 112 cm³/mol. The van der Waals surface area contributed by atoms with Crippen molar-refractivity contribution in [1.82, 2.24) is 25.5 Å². The number of ether oxygens (including phenoxy) is 1. The first-order valence-electron chi connectivity index (χ1n) is 9.34. The average Bonchev–Trinajstić information content (AvgIpc) is 3.13. The minimum atomic E-state index is -0.585. The molecule has 1 aliphatic rings. The van der Waals surface area contributed by atoms with Crippen LogP contribution in [0.2, 0.25) is 0 Å². The highest BCUT2D eigenvalue weighted by Crippen LogP contribution is 2.29. The molecule has 1 aromatic carbocycles. The largest absolute Gasteiger partial charge is 0.378 e. The van der Waals surface area contributed by atoms with Crippen molar-refractivity contribution < 1.29 is 14.5 Å². The van der Waals surface area contributed by atoms with Crippen LogP contribution in [-0.2, 0) is 11.3 Å². The smallest absolute Gasteiger partial charge is 0.293 e. The number of thiocarbonyl (C=S) groups is 1. The SMILES string of the molecule is CC(C)Cn1nnc(NC(=S)NC(=O)c2ccc(N3CCOCC3)c([N+](=O)[O-])c2)n1. The molecule has 2 N–H and O–H groups in total. The lowest BCUT2D eigenvalue weighted by Gasteiger charge is -2.28. The second-order valence-electron chi connectivity index (χ2n) is 7.03. The number of nitrogens with one attached hydrogen (secondary N) is 2. The van der Waals surface area contributed by atoms with Crippen LogP contribution in [0.15, 0.2) is 18.2 Å². The molecular formula is C17H22N8O4S. The van der Waals surface area contributed by atoms with Crippen molar-refractivity contribution in [2.75, 3.05) is 36.5 Å². The van der Waals surface area contributed by atoms with Crippen LogP contribution in [0, 0.1) is 16.0 Å². The lowest BCUT2D eigenvalue weighted by molar-refractivity contribution is -0.384. The Morgan fingerprint density at radius 1 is 1.37 bits per heavy atom. The zero-order valence-corrected chi connectivity index (χ0v) is 17.4. The van der Waals surface area contributed by atoms with Gasteiger partial charge in [-0.3, -0.25) is 25.5 Å². The molecule has 3 rings (SSSR count). The molecule has 30 heavy (non-hydrogen) atoms. The van der Waals surface area contributed by atoms with Crippen LogP contribution in [0.4, 0.5) is 17.3 Å². The molecule has 0 saturated carbocycles. The van der Waals surface area contributed by atoms with Gasteiger partial charge in [0, 0.05) is 24.7 Å². The van der Waals surface area contributed by atoms with E-state index in [9.17, 15) is 14.9 Å². The van der Waals surface area contributed by atoms with Gasteiger partial charge in [-0.25, -0.2) is 0 Å². The first-order valence-corrected chi connectivity index (χ1v) is 9.75. The molecule has 0 unspecified atom stereocenters. The Balaban J connectivity index is 1.67. The van der Waals surface area contributed by atoms with Gasteiger partial charge in [0.05, 0.1) is 24.7 Å². The summed E-state index contributed by atoms with van der Waals surface area (Å²) in [4.78, 5) is 26.8.